The van der Waals surface area contributed by atoms with E-state index < -0.39 is 5.60 Å². The number of aryl methyl sites for hydroxylation is 2. The molecule has 0 bridgehead atoms. The van der Waals surface area contributed by atoms with Crippen LogP contribution < -0.4 is 0 Å². The Bertz CT molecular complexity index is 390. The van der Waals surface area contributed by atoms with Gasteiger partial charge in [0, 0.05) is 32.0 Å². The lowest BCUT2D eigenvalue weighted by molar-refractivity contribution is -0.131. The summed E-state index contributed by atoms with van der Waals surface area (Å²) in [5.74, 6) is 0. The van der Waals surface area contributed by atoms with Crippen LogP contribution in [-0.2, 0) is 18.2 Å². The minimum atomic E-state index is -0.655. The first-order valence-corrected chi connectivity index (χ1v) is 6.25. The van der Waals surface area contributed by atoms with Crippen molar-refractivity contribution in [2.45, 2.75) is 57.8 Å². The summed E-state index contributed by atoms with van der Waals surface area (Å²) in [4.78, 5) is 0. The van der Waals surface area contributed by atoms with Crippen molar-refractivity contribution in [3.05, 3.63) is 17.5 Å². The molecule has 1 saturated heterocycles. The van der Waals surface area contributed by atoms with E-state index in [9.17, 15) is 5.11 Å². The standard InChI is InChI=1S/C13H22N2O2/c1-9-5-12(15(4)14-9)8-13(16)6-10(2)17-11(3)7-13/h5,10-11,16H,6-8H2,1-4H3. The summed E-state index contributed by atoms with van der Waals surface area (Å²) >= 11 is 0. The smallest absolute Gasteiger partial charge is 0.0752 e. The fourth-order valence-electron chi connectivity index (χ4n) is 2.96. The third-order valence-corrected chi connectivity index (χ3v) is 3.41. The molecule has 2 atom stereocenters. The predicted molar refractivity (Wildman–Crippen MR) is 65.8 cm³/mol. The molecule has 1 N–H and O–H groups in total. The summed E-state index contributed by atoms with van der Waals surface area (Å²) < 4.78 is 7.53. The van der Waals surface area contributed by atoms with E-state index in [1.54, 1.807) is 0 Å². The molecule has 1 fully saturated rings. The molecule has 17 heavy (non-hydrogen) atoms. The molecule has 0 saturated carbocycles. The average Bonchev–Trinajstić information content (AvgIpc) is 2.41. The Balaban J connectivity index is 2.13. The molecule has 0 amide bonds. The molecule has 0 aliphatic carbocycles. The van der Waals surface area contributed by atoms with Gasteiger partial charge in [0.2, 0.25) is 0 Å². The third kappa shape index (κ3) is 2.87. The summed E-state index contributed by atoms with van der Waals surface area (Å²) in [5.41, 5.74) is 1.43. The van der Waals surface area contributed by atoms with Crippen LogP contribution in [0.1, 0.15) is 38.1 Å². The zero-order chi connectivity index (χ0) is 12.6. The Hall–Kier alpha value is -0.870. The number of hydrogen-bond acceptors (Lipinski definition) is 3. The second-order valence-corrected chi connectivity index (χ2v) is 5.47. The average molecular weight is 238 g/mol. The number of hydrogen-bond donors (Lipinski definition) is 1. The number of aliphatic hydroxyl groups is 1. The fraction of sp³-hybridized carbons (Fsp3) is 0.769. The van der Waals surface area contributed by atoms with Gasteiger partial charge in [-0.15, -0.1) is 0 Å². The molecular formula is C13H22N2O2. The lowest BCUT2D eigenvalue weighted by atomic mass is 9.84. The van der Waals surface area contributed by atoms with Gasteiger partial charge in [-0.2, -0.15) is 5.10 Å². The van der Waals surface area contributed by atoms with Crippen molar-refractivity contribution in [1.29, 1.82) is 0 Å². The van der Waals surface area contributed by atoms with Gasteiger partial charge < -0.3 is 9.84 Å². The van der Waals surface area contributed by atoms with Gasteiger partial charge in [-0.05, 0) is 26.8 Å². The Morgan fingerprint density at radius 1 is 1.47 bits per heavy atom. The van der Waals surface area contributed by atoms with Crippen LogP contribution in [0.15, 0.2) is 6.07 Å². The van der Waals surface area contributed by atoms with Crippen LogP contribution in [0.2, 0.25) is 0 Å². The summed E-state index contributed by atoms with van der Waals surface area (Å²) in [7, 11) is 1.93. The van der Waals surface area contributed by atoms with E-state index in [4.69, 9.17) is 4.74 Å². The van der Waals surface area contributed by atoms with Crippen molar-refractivity contribution in [3.8, 4) is 0 Å². The highest BCUT2D eigenvalue weighted by molar-refractivity contribution is 5.12. The first-order valence-electron chi connectivity index (χ1n) is 6.25. The third-order valence-electron chi connectivity index (χ3n) is 3.41. The van der Waals surface area contributed by atoms with Gasteiger partial charge in [-0.25, -0.2) is 0 Å². The van der Waals surface area contributed by atoms with Crippen LogP contribution >= 0.6 is 0 Å². The van der Waals surface area contributed by atoms with E-state index in [0.717, 1.165) is 11.4 Å². The van der Waals surface area contributed by atoms with E-state index in [0.29, 0.717) is 19.3 Å². The van der Waals surface area contributed by atoms with Crippen molar-refractivity contribution in [3.63, 3.8) is 0 Å². The number of nitrogens with zero attached hydrogens (tertiary/aromatic N) is 2. The highest BCUT2D eigenvalue weighted by Gasteiger charge is 2.37. The number of rotatable bonds is 2. The molecule has 96 valence electrons. The predicted octanol–water partition coefficient (Wildman–Crippen LogP) is 1.59. The second kappa shape index (κ2) is 4.42. The van der Waals surface area contributed by atoms with Crippen LogP contribution in [-0.4, -0.2) is 32.7 Å². The molecule has 1 aromatic rings. The van der Waals surface area contributed by atoms with Gasteiger partial charge in [-0.1, -0.05) is 0 Å². The molecule has 1 aliphatic heterocycles. The topological polar surface area (TPSA) is 47.3 Å². The van der Waals surface area contributed by atoms with Crippen molar-refractivity contribution < 1.29 is 9.84 Å². The summed E-state index contributed by atoms with van der Waals surface area (Å²) in [6, 6.07) is 2.04. The number of aromatic nitrogens is 2. The van der Waals surface area contributed by atoms with E-state index in [1.807, 2.05) is 38.6 Å². The van der Waals surface area contributed by atoms with Crippen molar-refractivity contribution in [2.24, 2.45) is 7.05 Å². The van der Waals surface area contributed by atoms with E-state index in [1.165, 1.54) is 0 Å². The highest BCUT2D eigenvalue weighted by Crippen LogP contribution is 2.31. The molecule has 1 aliphatic rings. The normalized spacial score (nSPS) is 33.9. The molecule has 0 radical (unpaired) electrons. The van der Waals surface area contributed by atoms with Gasteiger partial charge in [0.25, 0.3) is 0 Å². The molecule has 2 rings (SSSR count). The highest BCUT2D eigenvalue weighted by atomic mass is 16.5. The minimum absolute atomic E-state index is 0.123. The van der Waals surface area contributed by atoms with Gasteiger partial charge in [0.1, 0.15) is 0 Å². The summed E-state index contributed by atoms with van der Waals surface area (Å²) in [5, 5.41) is 15.0. The molecule has 2 heterocycles. The minimum Gasteiger partial charge on any atom is -0.389 e. The van der Waals surface area contributed by atoms with Gasteiger partial charge in [0.15, 0.2) is 0 Å². The Morgan fingerprint density at radius 3 is 2.53 bits per heavy atom. The van der Waals surface area contributed by atoms with Crippen LogP contribution in [0.5, 0.6) is 0 Å². The summed E-state index contributed by atoms with van der Waals surface area (Å²) in [6.07, 6.45) is 2.29. The number of ether oxygens (including phenoxy) is 1. The molecule has 4 heteroatoms. The van der Waals surface area contributed by atoms with Crippen molar-refractivity contribution in [1.82, 2.24) is 9.78 Å². The molecule has 0 aromatic carbocycles. The SMILES string of the molecule is Cc1cc(CC2(O)CC(C)OC(C)C2)n(C)n1. The Labute approximate surface area is 103 Å². The van der Waals surface area contributed by atoms with Crippen molar-refractivity contribution in [2.75, 3.05) is 0 Å². The monoisotopic (exact) mass is 238 g/mol. The van der Waals surface area contributed by atoms with Crippen LogP contribution in [0.4, 0.5) is 0 Å². The quantitative estimate of drug-likeness (QED) is 0.851. The second-order valence-electron chi connectivity index (χ2n) is 5.47. The maximum atomic E-state index is 10.7. The van der Waals surface area contributed by atoms with Crippen LogP contribution in [0.3, 0.4) is 0 Å². The Morgan fingerprint density at radius 2 is 2.06 bits per heavy atom. The van der Waals surface area contributed by atoms with E-state index in [2.05, 4.69) is 5.10 Å². The largest absolute Gasteiger partial charge is 0.389 e. The lowest BCUT2D eigenvalue weighted by Gasteiger charge is -2.39. The van der Waals surface area contributed by atoms with Crippen LogP contribution in [0.25, 0.3) is 0 Å². The molecule has 4 nitrogen and oxygen atoms in total. The van der Waals surface area contributed by atoms with Crippen molar-refractivity contribution >= 4 is 0 Å². The summed E-state index contributed by atoms with van der Waals surface area (Å²) in [6.45, 7) is 6.02. The Kier molecular flexibility index (Phi) is 3.27. The maximum Gasteiger partial charge on any atom is 0.0752 e. The maximum absolute atomic E-state index is 10.7. The van der Waals surface area contributed by atoms with Gasteiger partial charge in [-0.3, -0.25) is 4.68 Å². The van der Waals surface area contributed by atoms with Gasteiger partial charge in [0.05, 0.1) is 23.5 Å². The lowest BCUT2D eigenvalue weighted by Crippen LogP contribution is -2.45. The first kappa shape index (κ1) is 12.6. The zero-order valence-corrected chi connectivity index (χ0v) is 11.1. The first-order chi connectivity index (χ1) is 7.88. The fourth-order valence-corrected chi connectivity index (χ4v) is 2.96. The van der Waals surface area contributed by atoms with E-state index in [-0.39, 0.29) is 12.2 Å². The molecular weight excluding hydrogens is 216 g/mol. The van der Waals surface area contributed by atoms with E-state index >= 15 is 0 Å². The molecule has 0 spiro atoms. The van der Waals surface area contributed by atoms with Gasteiger partial charge >= 0.3 is 0 Å². The molecule has 1 aromatic heterocycles. The van der Waals surface area contributed by atoms with Crippen LogP contribution in [0, 0.1) is 6.92 Å². The zero-order valence-electron chi connectivity index (χ0n) is 11.1. The molecule has 2 unspecified atom stereocenters.